The number of H-pyrrole nitrogens is 1. The van der Waals surface area contributed by atoms with Crippen LogP contribution in [0, 0.1) is 0 Å². The normalized spacial score (nSPS) is 18.8. The third kappa shape index (κ3) is 2.93. The highest BCUT2D eigenvalue weighted by atomic mass is 16.5. The lowest BCUT2D eigenvalue weighted by atomic mass is 9.99. The molecule has 0 saturated carbocycles. The molecular formula is C17H18N6O3. The maximum atomic E-state index is 12.4. The van der Waals surface area contributed by atoms with Crippen LogP contribution in [0.3, 0.4) is 0 Å². The van der Waals surface area contributed by atoms with Crippen LogP contribution in [0.15, 0.2) is 36.9 Å². The molecule has 2 aromatic heterocycles. The lowest BCUT2D eigenvalue weighted by molar-refractivity contribution is -0.121. The molecule has 26 heavy (non-hydrogen) atoms. The second kappa shape index (κ2) is 6.60. The van der Waals surface area contributed by atoms with Gasteiger partial charge in [0.2, 0.25) is 5.91 Å². The maximum absolute atomic E-state index is 12.4. The Morgan fingerprint density at radius 1 is 1.38 bits per heavy atom. The predicted octanol–water partition coefficient (Wildman–Crippen LogP) is 0.400. The van der Waals surface area contributed by atoms with E-state index in [1.165, 1.54) is 12.7 Å². The molecule has 1 aliphatic rings. The standard InChI is InChI=1S/C17H18N6O3/c1-23(17-14-16(19-8-18-14)20-9-21-17)6-13(24)22-11-7-26-12-5-3-2-4-10(12)15(11)25/h2-5,8-9,11,15,25H,6-7H2,1H3,(H,22,24)(H,18,19,20,21)/t11-,15-/m1/s1. The number of imidazole rings is 1. The summed E-state index contributed by atoms with van der Waals surface area (Å²) < 4.78 is 5.62. The first kappa shape index (κ1) is 16.3. The molecule has 1 aliphatic heterocycles. The van der Waals surface area contributed by atoms with Gasteiger partial charge in [0, 0.05) is 12.6 Å². The lowest BCUT2D eigenvalue weighted by Crippen LogP contribution is -2.48. The van der Waals surface area contributed by atoms with Crippen LogP contribution in [0.2, 0.25) is 0 Å². The summed E-state index contributed by atoms with van der Waals surface area (Å²) in [5.74, 6) is 0.976. The van der Waals surface area contributed by atoms with Crippen molar-refractivity contribution in [3.8, 4) is 5.75 Å². The van der Waals surface area contributed by atoms with Crippen LogP contribution in [0.4, 0.5) is 5.82 Å². The number of aliphatic hydroxyl groups excluding tert-OH is 1. The highest BCUT2D eigenvalue weighted by molar-refractivity contribution is 5.87. The smallest absolute Gasteiger partial charge is 0.240 e. The summed E-state index contributed by atoms with van der Waals surface area (Å²) in [7, 11) is 1.76. The van der Waals surface area contributed by atoms with E-state index in [4.69, 9.17) is 4.74 Å². The van der Waals surface area contributed by atoms with Crippen molar-refractivity contribution in [2.24, 2.45) is 0 Å². The number of likely N-dealkylation sites (N-methyl/N-ethyl adjacent to an activating group) is 1. The quantitative estimate of drug-likeness (QED) is 0.621. The third-order valence-electron chi connectivity index (χ3n) is 4.33. The summed E-state index contributed by atoms with van der Waals surface area (Å²) in [4.78, 5) is 29.5. The minimum absolute atomic E-state index is 0.0655. The summed E-state index contributed by atoms with van der Waals surface area (Å²) >= 11 is 0. The zero-order valence-electron chi connectivity index (χ0n) is 14.1. The van der Waals surface area contributed by atoms with E-state index in [1.807, 2.05) is 12.1 Å². The van der Waals surface area contributed by atoms with Crippen molar-refractivity contribution >= 4 is 22.9 Å². The number of para-hydroxylation sites is 1. The molecule has 0 radical (unpaired) electrons. The van der Waals surface area contributed by atoms with Gasteiger partial charge in [-0.1, -0.05) is 18.2 Å². The second-order valence-corrected chi connectivity index (χ2v) is 6.12. The molecule has 9 nitrogen and oxygen atoms in total. The number of aliphatic hydroxyl groups is 1. The van der Waals surface area contributed by atoms with Gasteiger partial charge in [0.25, 0.3) is 0 Å². The number of nitrogens with zero attached hydrogens (tertiary/aromatic N) is 4. The van der Waals surface area contributed by atoms with E-state index >= 15 is 0 Å². The molecule has 3 aromatic rings. The van der Waals surface area contributed by atoms with Gasteiger partial charge in [-0.05, 0) is 6.07 Å². The molecule has 3 heterocycles. The Balaban J connectivity index is 1.44. The van der Waals surface area contributed by atoms with Gasteiger partial charge in [0.1, 0.15) is 30.3 Å². The second-order valence-electron chi connectivity index (χ2n) is 6.12. The predicted molar refractivity (Wildman–Crippen MR) is 93.8 cm³/mol. The largest absolute Gasteiger partial charge is 0.491 e. The molecule has 9 heteroatoms. The summed E-state index contributed by atoms with van der Waals surface area (Å²) in [6.45, 7) is 0.280. The number of aromatic nitrogens is 4. The molecule has 0 saturated heterocycles. The van der Waals surface area contributed by atoms with Gasteiger partial charge in [-0.3, -0.25) is 4.79 Å². The van der Waals surface area contributed by atoms with Crippen molar-refractivity contribution < 1.29 is 14.6 Å². The fourth-order valence-corrected chi connectivity index (χ4v) is 3.05. The molecule has 4 rings (SSSR count). The zero-order valence-corrected chi connectivity index (χ0v) is 14.1. The van der Waals surface area contributed by atoms with E-state index in [-0.39, 0.29) is 19.1 Å². The van der Waals surface area contributed by atoms with Crippen molar-refractivity contribution in [2.45, 2.75) is 12.1 Å². The van der Waals surface area contributed by atoms with E-state index in [1.54, 1.807) is 24.1 Å². The molecule has 0 spiro atoms. The van der Waals surface area contributed by atoms with Crippen LogP contribution in [0.1, 0.15) is 11.7 Å². The van der Waals surface area contributed by atoms with Gasteiger partial charge < -0.3 is 25.0 Å². The van der Waals surface area contributed by atoms with E-state index in [9.17, 15) is 9.90 Å². The van der Waals surface area contributed by atoms with Gasteiger partial charge in [-0.15, -0.1) is 0 Å². The fraction of sp³-hybridized carbons (Fsp3) is 0.294. The lowest BCUT2D eigenvalue weighted by Gasteiger charge is -2.31. The molecule has 1 amide bonds. The highest BCUT2D eigenvalue weighted by Crippen LogP contribution is 2.31. The zero-order chi connectivity index (χ0) is 18.1. The summed E-state index contributed by atoms with van der Waals surface area (Å²) in [6.07, 6.45) is 2.12. The van der Waals surface area contributed by atoms with Crippen molar-refractivity contribution in [1.82, 2.24) is 25.3 Å². The monoisotopic (exact) mass is 354 g/mol. The van der Waals surface area contributed by atoms with Crippen LogP contribution in [-0.2, 0) is 4.79 Å². The number of hydrogen-bond acceptors (Lipinski definition) is 7. The number of amides is 1. The molecule has 134 valence electrons. The Bertz CT molecular complexity index is 943. The fourth-order valence-electron chi connectivity index (χ4n) is 3.05. The number of carbonyl (C=O) groups is 1. The topological polar surface area (TPSA) is 116 Å². The Kier molecular flexibility index (Phi) is 4.13. The molecule has 0 fully saturated rings. The molecule has 1 aromatic carbocycles. The Morgan fingerprint density at radius 3 is 3.12 bits per heavy atom. The van der Waals surface area contributed by atoms with Gasteiger partial charge in [-0.25, -0.2) is 15.0 Å². The van der Waals surface area contributed by atoms with Crippen LogP contribution in [0.5, 0.6) is 5.75 Å². The SMILES string of the molecule is CN(CC(=O)N[C@@H]1COc2ccccc2[C@H]1O)c1ncnc2nc[nH]c12. The Hall–Kier alpha value is -3.20. The average Bonchev–Trinajstić information content (AvgIpc) is 3.13. The maximum Gasteiger partial charge on any atom is 0.240 e. The number of nitrogens with one attached hydrogen (secondary N) is 2. The van der Waals surface area contributed by atoms with Crippen molar-refractivity contribution in [1.29, 1.82) is 0 Å². The number of carbonyl (C=O) groups excluding carboxylic acids is 1. The number of hydrogen-bond donors (Lipinski definition) is 3. The van der Waals surface area contributed by atoms with Crippen LogP contribution in [0.25, 0.3) is 11.2 Å². The molecular weight excluding hydrogens is 336 g/mol. The first-order valence-electron chi connectivity index (χ1n) is 8.18. The minimum Gasteiger partial charge on any atom is -0.491 e. The number of rotatable bonds is 4. The van der Waals surface area contributed by atoms with Crippen molar-refractivity contribution in [3.05, 3.63) is 42.5 Å². The molecule has 0 bridgehead atoms. The van der Waals surface area contributed by atoms with Crippen LogP contribution in [-0.4, -0.2) is 57.2 Å². The van der Waals surface area contributed by atoms with Crippen molar-refractivity contribution in [3.63, 3.8) is 0 Å². The van der Waals surface area contributed by atoms with E-state index in [0.29, 0.717) is 28.3 Å². The van der Waals surface area contributed by atoms with Gasteiger partial charge in [0.15, 0.2) is 11.5 Å². The van der Waals surface area contributed by atoms with Crippen LogP contribution < -0.4 is 15.0 Å². The van der Waals surface area contributed by atoms with Gasteiger partial charge in [0.05, 0.1) is 18.9 Å². The summed E-state index contributed by atoms with van der Waals surface area (Å²) in [5.41, 5.74) is 1.88. The van der Waals surface area contributed by atoms with Crippen molar-refractivity contribution in [2.75, 3.05) is 25.1 Å². The highest BCUT2D eigenvalue weighted by Gasteiger charge is 2.30. The summed E-state index contributed by atoms with van der Waals surface area (Å²) in [5, 5.41) is 13.3. The van der Waals surface area contributed by atoms with Crippen LogP contribution >= 0.6 is 0 Å². The first-order chi connectivity index (χ1) is 12.6. The van der Waals surface area contributed by atoms with E-state index in [2.05, 4.69) is 25.3 Å². The third-order valence-corrected chi connectivity index (χ3v) is 4.33. The molecule has 0 aliphatic carbocycles. The Labute approximate surface area is 149 Å². The number of anilines is 1. The minimum atomic E-state index is -0.812. The summed E-state index contributed by atoms with van der Waals surface area (Å²) in [6, 6.07) is 6.75. The number of fused-ring (bicyclic) bond motifs is 2. The number of ether oxygens (including phenoxy) is 1. The Morgan fingerprint density at radius 2 is 2.23 bits per heavy atom. The first-order valence-corrected chi connectivity index (χ1v) is 8.18. The average molecular weight is 354 g/mol. The number of benzene rings is 1. The van der Waals surface area contributed by atoms with E-state index in [0.717, 1.165) is 0 Å². The molecule has 2 atom stereocenters. The number of aromatic amines is 1. The van der Waals surface area contributed by atoms with E-state index < -0.39 is 12.1 Å². The van der Waals surface area contributed by atoms with Gasteiger partial charge in [-0.2, -0.15) is 0 Å². The molecule has 3 N–H and O–H groups in total. The van der Waals surface area contributed by atoms with Gasteiger partial charge >= 0.3 is 0 Å². The molecule has 0 unspecified atom stereocenters.